The van der Waals surface area contributed by atoms with Gasteiger partial charge in [-0.2, -0.15) is 4.31 Å². The molecule has 1 aromatic heterocycles. The molecule has 6 nitrogen and oxygen atoms in total. The van der Waals surface area contributed by atoms with E-state index in [4.69, 9.17) is 5.73 Å². The second-order valence-electron chi connectivity index (χ2n) is 6.12. The van der Waals surface area contributed by atoms with E-state index >= 15 is 0 Å². The molecule has 0 unspecified atom stereocenters. The maximum absolute atomic E-state index is 13.0. The lowest BCUT2D eigenvalue weighted by Crippen LogP contribution is -2.42. The summed E-state index contributed by atoms with van der Waals surface area (Å²) in [4.78, 5) is 14.6. The number of nitrogens with one attached hydrogen (secondary N) is 1. The van der Waals surface area contributed by atoms with Gasteiger partial charge in [0.1, 0.15) is 0 Å². The van der Waals surface area contributed by atoms with E-state index in [1.54, 1.807) is 24.3 Å². The molecule has 0 bridgehead atoms. The first kappa shape index (κ1) is 16.2. The van der Waals surface area contributed by atoms with Gasteiger partial charge >= 0.3 is 0 Å². The number of hydrogen-bond acceptors (Lipinski definition) is 4. The van der Waals surface area contributed by atoms with Crippen LogP contribution in [0.5, 0.6) is 0 Å². The van der Waals surface area contributed by atoms with Crippen LogP contribution in [0.25, 0.3) is 10.8 Å². The van der Waals surface area contributed by atoms with Crippen molar-refractivity contribution in [2.24, 2.45) is 11.7 Å². The molecule has 1 atom stereocenters. The summed E-state index contributed by atoms with van der Waals surface area (Å²) in [5, 5.41) is 0.851. The molecular weight excluding hydrogens is 314 g/mol. The number of nitrogens with zero attached hydrogens (tertiary/aromatic N) is 1. The van der Waals surface area contributed by atoms with Crippen LogP contribution in [-0.2, 0) is 10.0 Å². The van der Waals surface area contributed by atoms with Gasteiger partial charge in [0.05, 0.1) is 4.90 Å². The number of piperidine rings is 1. The Kier molecular flexibility index (Phi) is 4.27. The maximum atomic E-state index is 13.0. The summed E-state index contributed by atoms with van der Waals surface area (Å²) >= 11 is 0. The fourth-order valence-corrected chi connectivity index (χ4v) is 4.87. The third kappa shape index (κ3) is 2.91. The highest BCUT2D eigenvalue weighted by Crippen LogP contribution is 2.28. The predicted molar refractivity (Wildman–Crippen MR) is 89.7 cm³/mol. The Balaban J connectivity index is 1.98. The monoisotopic (exact) mass is 335 g/mol. The van der Waals surface area contributed by atoms with Crippen LogP contribution < -0.4 is 11.3 Å². The molecule has 7 heteroatoms. The average Bonchev–Trinajstić information content (AvgIpc) is 2.55. The Morgan fingerprint density at radius 3 is 2.57 bits per heavy atom. The third-order valence-corrected chi connectivity index (χ3v) is 6.59. The first-order chi connectivity index (χ1) is 10.9. The molecule has 2 heterocycles. The minimum Gasteiger partial charge on any atom is -0.329 e. The Labute approximate surface area is 135 Å². The molecular formula is C16H21N3O3S. The van der Waals surface area contributed by atoms with E-state index < -0.39 is 10.0 Å². The Hall–Kier alpha value is -1.70. The van der Waals surface area contributed by atoms with Gasteiger partial charge in [-0.3, -0.25) is 4.79 Å². The van der Waals surface area contributed by atoms with E-state index in [1.807, 2.05) is 6.92 Å². The summed E-state index contributed by atoms with van der Waals surface area (Å²) in [6.45, 7) is 2.90. The van der Waals surface area contributed by atoms with E-state index in [0.29, 0.717) is 29.8 Å². The van der Waals surface area contributed by atoms with Gasteiger partial charge in [-0.1, -0.05) is 6.07 Å². The summed E-state index contributed by atoms with van der Waals surface area (Å²) in [5.41, 5.74) is 5.64. The van der Waals surface area contributed by atoms with Crippen molar-refractivity contribution in [2.75, 3.05) is 13.1 Å². The number of fused-ring (bicyclic) bond motifs is 1. The van der Waals surface area contributed by atoms with Gasteiger partial charge in [0.2, 0.25) is 10.0 Å². The van der Waals surface area contributed by atoms with Crippen molar-refractivity contribution < 1.29 is 8.42 Å². The summed E-state index contributed by atoms with van der Waals surface area (Å²) in [7, 11) is -3.61. The van der Waals surface area contributed by atoms with Crippen molar-refractivity contribution >= 4 is 20.8 Å². The fraction of sp³-hybridized carbons (Fsp3) is 0.438. The second kappa shape index (κ2) is 6.07. The Bertz CT molecular complexity index is 866. The number of H-pyrrole nitrogens is 1. The SMILES string of the molecule is C[C@H](N)C1CCN(S(=O)(=O)c2cccc3c(=O)[nH]ccc23)CC1. The molecule has 23 heavy (non-hydrogen) atoms. The summed E-state index contributed by atoms with van der Waals surface area (Å²) in [6.07, 6.45) is 3.01. The van der Waals surface area contributed by atoms with Crippen molar-refractivity contribution in [3.63, 3.8) is 0 Å². The van der Waals surface area contributed by atoms with Gasteiger partial charge in [-0.15, -0.1) is 0 Å². The van der Waals surface area contributed by atoms with Crippen molar-refractivity contribution in [1.29, 1.82) is 0 Å². The van der Waals surface area contributed by atoms with Gasteiger partial charge in [-0.25, -0.2) is 8.42 Å². The topological polar surface area (TPSA) is 96.3 Å². The van der Waals surface area contributed by atoms with Crippen LogP contribution in [0.2, 0.25) is 0 Å². The first-order valence-electron chi connectivity index (χ1n) is 7.77. The molecule has 3 N–H and O–H groups in total. The van der Waals surface area contributed by atoms with Gasteiger partial charge in [0.25, 0.3) is 5.56 Å². The number of pyridine rings is 1. The molecule has 0 spiro atoms. The summed E-state index contributed by atoms with van der Waals surface area (Å²) in [5.74, 6) is 0.358. The lowest BCUT2D eigenvalue weighted by molar-refractivity contribution is 0.251. The quantitative estimate of drug-likeness (QED) is 0.883. The zero-order valence-electron chi connectivity index (χ0n) is 13.0. The van der Waals surface area contributed by atoms with Crippen molar-refractivity contribution in [3.8, 4) is 0 Å². The number of benzene rings is 1. The summed E-state index contributed by atoms with van der Waals surface area (Å²) in [6, 6.07) is 6.53. The molecule has 1 saturated heterocycles. The number of hydrogen-bond donors (Lipinski definition) is 2. The number of sulfonamides is 1. The van der Waals surface area contributed by atoms with Crippen molar-refractivity contribution in [2.45, 2.75) is 30.7 Å². The van der Waals surface area contributed by atoms with Crippen LogP contribution in [-0.4, -0.2) is 36.8 Å². The highest BCUT2D eigenvalue weighted by Gasteiger charge is 2.31. The zero-order valence-corrected chi connectivity index (χ0v) is 13.8. The van der Waals surface area contributed by atoms with Crippen molar-refractivity contribution in [3.05, 3.63) is 40.8 Å². The number of aromatic amines is 1. The average molecular weight is 335 g/mol. The first-order valence-corrected chi connectivity index (χ1v) is 9.21. The lowest BCUT2D eigenvalue weighted by Gasteiger charge is -2.33. The number of rotatable bonds is 3. The fourth-order valence-electron chi connectivity index (χ4n) is 3.20. The second-order valence-corrected chi connectivity index (χ2v) is 8.03. The lowest BCUT2D eigenvalue weighted by atomic mass is 9.92. The van der Waals surface area contributed by atoms with Crippen LogP contribution >= 0.6 is 0 Å². The van der Waals surface area contributed by atoms with Gasteiger partial charge in [-0.05, 0) is 43.9 Å². The molecule has 1 aliphatic rings. The molecule has 1 fully saturated rings. The van der Waals surface area contributed by atoms with E-state index in [0.717, 1.165) is 12.8 Å². The van der Waals surface area contributed by atoms with Crippen molar-refractivity contribution in [1.82, 2.24) is 9.29 Å². The van der Waals surface area contributed by atoms with Gasteiger partial charge in [0, 0.05) is 36.1 Å². The molecule has 0 amide bonds. The standard InChI is InChI=1S/C16H21N3O3S/c1-11(17)12-6-9-19(10-7-12)23(21,22)15-4-2-3-14-13(15)5-8-18-16(14)20/h2-5,8,11-12H,6-7,9-10,17H2,1H3,(H,18,20)/t11-/m0/s1. The van der Waals surface area contributed by atoms with Gasteiger partial charge < -0.3 is 10.7 Å². The minimum atomic E-state index is -3.61. The Morgan fingerprint density at radius 1 is 1.22 bits per heavy atom. The summed E-state index contributed by atoms with van der Waals surface area (Å²) < 4.78 is 27.4. The molecule has 0 saturated carbocycles. The maximum Gasteiger partial charge on any atom is 0.255 e. The molecule has 1 aliphatic heterocycles. The van der Waals surface area contributed by atoms with E-state index in [1.165, 1.54) is 10.5 Å². The number of aromatic nitrogens is 1. The highest BCUT2D eigenvalue weighted by molar-refractivity contribution is 7.89. The molecule has 1 aromatic carbocycles. The molecule has 124 valence electrons. The highest BCUT2D eigenvalue weighted by atomic mass is 32.2. The van der Waals surface area contributed by atoms with E-state index in [9.17, 15) is 13.2 Å². The molecule has 3 rings (SSSR count). The minimum absolute atomic E-state index is 0.0796. The van der Waals surface area contributed by atoms with E-state index in [2.05, 4.69) is 4.98 Å². The largest absolute Gasteiger partial charge is 0.329 e. The third-order valence-electron chi connectivity index (χ3n) is 4.64. The normalized spacial score (nSPS) is 19.0. The smallest absolute Gasteiger partial charge is 0.255 e. The molecule has 2 aromatic rings. The van der Waals surface area contributed by atoms with Crippen LogP contribution in [0.15, 0.2) is 40.2 Å². The zero-order chi connectivity index (χ0) is 16.6. The number of nitrogens with two attached hydrogens (primary N) is 1. The Morgan fingerprint density at radius 2 is 1.91 bits per heavy atom. The van der Waals surface area contributed by atoms with Gasteiger partial charge in [0.15, 0.2) is 0 Å². The van der Waals surface area contributed by atoms with Crippen LogP contribution in [0.1, 0.15) is 19.8 Å². The van der Waals surface area contributed by atoms with Crippen LogP contribution in [0.3, 0.4) is 0 Å². The van der Waals surface area contributed by atoms with Crippen LogP contribution in [0, 0.1) is 5.92 Å². The predicted octanol–water partition coefficient (Wildman–Crippen LogP) is 1.28. The molecule has 0 aliphatic carbocycles. The van der Waals surface area contributed by atoms with E-state index in [-0.39, 0.29) is 16.5 Å². The molecule has 0 radical (unpaired) electrons. The van der Waals surface area contributed by atoms with Crippen LogP contribution in [0.4, 0.5) is 0 Å².